The molecule has 1 atom stereocenters. The minimum Gasteiger partial charge on any atom is -0.354 e. The van der Waals surface area contributed by atoms with Crippen LogP contribution in [0, 0.1) is 13.8 Å². The predicted octanol–water partition coefficient (Wildman–Crippen LogP) is 4.06. The highest BCUT2D eigenvalue weighted by molar-refractivity contribution is 7.92. The summed E-state index contributed by atoms with van der Waals surface area (Å²) in [6.07, 6.45) is 2.20. The van der Waals surface area contributed by atoms with Crippen LogP contribution in [0.2, 0.25) is 5.02 Å². The van der Waals surface area contributed by atoms with Crippen molar-refractivity contribution in [3.8, 4) is 0 Å². The van der Waals surface area contributed by atoms with Crippen molar-refractivity contribution < 1.29 is 18.0 Å². The number of rotatable bonds is 11. The van der Waals surface area contributed by atoms with Crippen LogP contribution in [0.1, 0.15) is 43.4 Å². The Bertz CT molecular complexity index is 1120. The Balaban J connectivity index is 2.48. The molecule has 2 amide bonds. The van der Waals surface area contributed by atoms with Gasteiger partial charge in [-0.15, -0.1) is 0 Å². The van der Waals surface area contributed by atoms with Gasteiger partial charge in [-0.25, -0.2) is 8.42 Å². The average Bonchev–Trinajstić information content (AvgIpc) is 2.78. The van der Waals surface area contributed by atoms with E-state index >= 15 is 0 Å². The molecule has 0 aliphatic rings. The summed E-state index contributed by atoms with van der Waals surface area (Å²) in [7, 11) is -3.77. The van der Waals surface area contributed by atoms with Gasteiger partial charge >= 0.3 is 0 Å². The highest BCUT2D eigenvalue weighted by atomic mass is 35.5. The Kier molecular flexibility index (Phi) is 9.94. The van der Waals surface area contributed by atoms with Gasteiger partial charge in [-0.3, -0.25) is 13.9 Å². The second kappa shape index (κ2) is 12.2. The van der Waals surface area contributed by atoms with E-state index in [4.69, 9.17) is 11.6 Å². The van der Waals surface area contributed by atoms with E-state index in [9.17, 15) is 18.0 Å². The summed E-state index contributed by atoms with van der Waals surface area (Å²) in [5, 5.41) is 3.32. The molecule has 2 rings (SSSR count). The maximum Gasteiger partial charge on any atom is 0.244 e. The molecule has 186 valence electrons. The van der Waals surface area contributed by atoms with E-state index in [0.717, 1.165) is 28.1 Å². The molecule has 0 aliphatic heterocycles. The SMILES string of the molecule is CCCNC(=O)C(CC)N(Cc1ccccc1Cl)C(=O)CN(c1cccc(C)c1C)S(C)(=O)=O. The van der Waals surface area contributed by atoms with Gasteiger partial charge in [-0.2, -0.15) is 0 Å². The van der Waals surface area contributed by atoms with Crippen LogP contribution < -0.4 is 9.62 Å². The Hall–Kier alpha value is -2.58. The monoisotopic (exact) mass is 507 g/mol. The van der Waals surface area contributed by atoms with Gasteiger partial charge in [-0.05, 0) is 55.5 Å². The van der Waals surface area contributed by atoms with E-state index in [2.05, 4.69) is 5.32 Å². The molecule has 0 aliphatic carbocycles. The molecule has 0 saturated heterocycles. The van der Waals surface area contributed by atoms with Crippen molar-refractivity contribution in [2.45, 2.75) is 53.1 Å². The Morgan fingerprint density at radius 2 is 1.74 bits per heavy atom. The van der Waals surface area contributed by atoms with Crippen molar-refractivity contribution >= 4 is 39.1 Å². The van der Waals surface area contributed by atoms with Gasteiger partial charge in [0.15, 0.2) is 0 Å². The number of hydrogen-bond acceptors (Lipinski definition) is 4. The van der Waals surface area contributed by atoms with Gasteiger partial charge < -0.3 is 10.2 Å². The summed E-state index contributed by atoms with van der Waals surface area (Å²) in [5.41, 5.74) is 2.80. The molecule has 0 spiro atoms. The van der Waals surface area contributed by atoms with Crippen LogP contribution >= 0.6 is 11.6 Å². The fourth-order valence-electron chi connectivity index (χ4n) is 3.70. The largest absolute Gasteiger partial charge is 0.354 e. The zero-order valence-corrected chi connectivity index (χ0v) is 22.0. The summed E-state index contributed by atoms with van der Waals surface area (Å²) in [5.74, 6) is -0.757. The van der Waals surface area contributed by atoms with Crippen molar-refractivity contribution in [2.75, 3.05) is 23.7 Å². The summed E-state index contributed by atoms with van der Waals surface area (Å²) < 4.78 is 26.6. The second-order valence-corrected chi connectivity index (χ2v) is 10.6. The van der Waals surface area contributed by atoms with E-state index in [1.807, 2.05) is 33.8 Å². The quantitative estimate of drug-likeness (QED) is 0.497. The smallest absolute Gasteiger partial charge is 0.244 e. The fraction of sp³-hybridized carbons (Fsp3) is 0.440. The maximum absolute atomic E-state index is 13.7. The van der Waals surface area contributed by atoms with Crippen LogP contribution in [0.5, 0.6) is 0 Å². The third kappa shape index (κ3) is 6.96. The number of anilines is 1. The number of nitrogens with one attached hydrogen (secondary N) is 1. The molecule has 0 radical (unpaired) electrons. The van der Waals surface area contributed by atoms with E-state index in [1.54, 1.807) is 36.4 Å². The molecule has 0 bridgehead atoms. The summed E-state index contributed by atoms with van der Waals surface area (Å²) >= 11 is 6.35. The summed E-state index contributed by atoms with van der Waals surface area (Å²) in [4.78, 5) is 28.0. The minimum absolute atomic E-state index is 0.0843. The first-order chi connectivity index (χ1) is 16.0. The van der Waals surface area contributed by atoms with E-state index in [0.29, 0.717) is 29.2 Å². The van der Waals surface area contributed by atoms with Crippen LogP contribution in [0.3, 0.4) is 0 Å². The van der Waals surface area contributed by atoms with Crippen molar-refractivity contribution in [3.05, 3.63) is 64.2 Å². The van der Waals surface area contributed by atoms with E-state index < -0.39 is 28.5 Å². The molecule has 2 aromatic carbocycles. The van der Waals surface area contributed by atoms with Crippen LogP contribution in [0.25, 0.3) is 0 Å². The van der Waals surface area contributed by atoms with Crippen LogP contribution in [-0.2, 0) is 26.2 Å². The summed E-state index contributed by atoms with van der Waals surface area (Å²) in [6.45, 7) is 7.62. The number of halogens is 1. The third-order valence-electron chi connectivity index (χ3n) is 5.76. The van der Waals surface area contributed by atoms with Crippen LogP contribution in [0.4, 0.5) is 5.69 Å². The molecular formula is C25H34ClN3O4S. The lowest BCUT2D eigenvalue weighted by Crippen LogP contribution is -2.52. The first kappa shape index (κ1) is 27.7. The lowest BCUT2D eigenvalue weighted by Gasteiger charge is -2.33. The van der Waals surface area contributed by atoms with Crippen molar-refractivity contribution in [2.24, 2.45) is 0 Å². The first-order valence-corrected chi connectivity index (χ1v) is 13.6. The van der Waals surface area contributed by atoms with Gasteiger partial charge in [0.1, 0.15) is 12.6 Å². The van der Waals surface area contributed by atoms with E-state index in [-0.39, 0.29) is 12.5 Å². The third-order valence-corrected chi connectivity index (χ3v) is 7.25. The number of carbonyl (C=O) groups is 2. The van der Waals surface area contributed by atoms with Gasteiger partial charge in [0, 0.05) is 18.1 Å². The van der Waals surface area contributed by atoms with Gasteiger partial charge in [0.05, 0.1) is 11.9 Å². The second-order valence-electron chi connectivity index (χ2n) is 8.32. The first-order valence-electron chi connectivity index (χ1n) is 11.4. The lowest BCUT2D eigenvalue weighted by atomic mass is 10.1. The lowest BCUT2D eigenvalue weighted by molar-refractivity contribution is -0.140. The zero-order chi connectivity index (χ0) is 25.5. The molecular weight excluding hydrogens is 474 g/mol. The van der Waals surface area contributed by atoms with Gasteiger partial charge in [-0.1, -0.05) is 55.8 Å². The highest BCUT2D eigenvalue weighted by Gasteiger charge is 2.32. The number of carbonyl (C=O) groups excluding carboxylic acids is 2. The highest BCUT2D eigenvalue weighted by Crippen LogP contribution is 2.26. The zero-order valence-electron chi connectivity index (χ0n) is 20.5. The number of hydrogen-bond donors (Lipinski definition) is 1. The standard InChI is InChI=1S/C25H34ClN3O4S/c1-6-15-27-25(31)22(7-2)28(16-20-12-8-9-13-21(20)26)24(30)17-29(34(5,32)33)23-14-10-11-18(3)19(23)4/h8-14,22H,6-7,15-17H2,1-5H3,(H,27,31). The molecule has 1 unspecified atom stereocenters. The molecule has 7 nitrogen and oxygen atoms in total. The van der Waals surface area contributed by atoms with E-state index in [1.165, 1.54) is 4.90 Å². The minimum atomic E-state index is -3.77. The molecule has 2 aromatic rings. The Morgan fingerprint density at radius 3 is 2.32 bits per heavy atom. The predicted molar refractivity (Wildman–Crippen MR) is 137 cm³/mol. The number of nitrogens with zero attached hydrogens (tertiary/aromatic N) is 2. The van der Waals surface area contributed by atoms with Crippen molar-refractivity contribution in [1.29, 1.82) is 0 Å². The fourth-order valence-corrected chi connectivity index (χ4v) is 4.79. The topological polar surface area (TPSA) is 86.8 Å². The van der Waals surface area contributed by atoms with Gasteiger partial charge in [0.2, 0.25) is 21.8 Å². The number of benzene rings is 2. The maximum atomic E-state index is 13.7. The molecule has 1 N–H and O–H groups in total. The molecule has 0 saturated carbocycles. The van der Waals surface area contributed by atoms with Crippen LogP contribution in [-0.4, -0.2) is 50.5 Å². The molecule has 0 heterocycles. The number of sulfonamides is 1. The van der Waals surface area contributed by atoms with Crippen molar-refractivity contribution in [3.63, 3.8) is 0 Å². The summed E-state index contributed by atoms with van der Waals surface area (Å²) in [6, 6.07) is 11.7. The van der Waals surface area contributed by atoms with Gasteiger partial charge in [0.25, 0.3) is 0 Å². The Morgan fingerprint density at radius 1 is 1.06 bits per heavy atom. The normalized spacial score (nSPS) is 12.2. The molecule has 34 heavy (non-hydrogen) atoms. The number of aryl methyl sites for hydroxylation is 1. The van der Waals surface area contributed by atoms with Crippen molar-refractivity contribution in [1.82, 2.24) is 10.2 Å². The average molecular weight is 508 g/mol. The molecule has 0 aromatic heterocycles. The Labute approximate surface area is 208 Å². The van der Waals surface area contributed by atoms with Crippen LogP contribution in [0.15, 0.2) is 42.5 Å². The number of amides is 2. The molecule has 9 heteroatoms. The molecule has 0 fully saturated rings.